The second kappa shape index (κ2) is 9.09. The molecule has 0 amide bonds. The molecule has 0 atom stereocenters. The molecule has 0 saturated carbocycles. The number of nitrogens with zero attached hydrogens (tertiary/aromatic N) is 5. The first kappa shape index (κ1) is 24.8. The summed E-state index contributed by atoms with van der Waals surface area (Å²) < 4.78 is 10.8. The Hall–Kier alpha value is -6.81. The highest BCUT2D eigenvalue weighted by Gasteiger charge is 2.20. The van der Waals surface area contributed by atoms with Gasteiger partial charge in [0, 0.05) is 38.0 Å². The van der Waals surface area contributed by atoms with E-state index in [4.69, 9.17) is 4.42 Å². The van der Waals surface area contributed by atoms with Gasteiger partial charge in [0.05, 0.1) is 62.7 Å². The maximum atomic E-state index is 10.0. The van der Waals surface area contributed by atoms with E-state index < -0.39 is 0 Å². The summed E-state index contributed by atoms with van der Waals surface area (Å²) in [6, 6.07) is 44.6. The first-order valence-corrected chi connectivity index (χ1v) is 14.4. The van der Waals surface area contributed by atoms with Gasteiger partial charge in [0.15, 0.2) is 5.58 Å². The lowest BCUT2D eigenvalue weighted by Gasteiger charge is -2.11. The van der Waals surface area contributed by atoms with E-state index in [1.165, 1.54) is 0 Å². The maximum absolute atomic E-state index is 10.0. The summed E-state index contributed by atoms with van der Waals surface area (Å²) in [6.45, 7) is 0. The van der Waals surface area contributed by atoms with Crippen molar-refractivity contribution in [2.75, 3.05) is 0 Å². The van der Waals surface area contributed by atoms with Crippen LogP contribution in [0.3, 0.4) is 0 Å². The van der Waals surface area contributed by atoms with Gasteiger partial charge in [0.1, 0.15) is 5.58 Å². The van der Waals surface area contributed by atoms with Crippen molar-refractivity contribution >= 4 is 65.6 Å². The molecule has 206 valence electrons. The van der Waals surface area contributed by atoms with E-state index in [1.54, 1.807) is 0 Å². The van der Waals surface area contributed by atoms with Crippen molar-refractivity contribution in [3.05, 3.63) is 132 Å². The normalized spacial score (nSPS) is 11.5. The highest BCUT2D eigenvalue weighted by atomic mass is 16.3. The summed E-state index contributed by atoms with van der Waals surface area (Å²) in [4.78, 5) is 0. The zero-order chi connectivity index (χ0) is 30.2. The SMILES string of the molecule is N#Cc1cc(-n2c3ccccc3c3cc(-n4c5ccc(C#N)cc5c5cc(C#N)ccc54)ccc32)c2oc3ccccc3c2c1. The highest BCUT2D eigenvalue weighted by molar-refractivity contribution is 6.14. The van der Waals surface area contributed by atoms with E-state index in [0.717, 1.165) is 76.9 Å². The lowest BCUT2D eigenvalue weighted by atomic mass is 10.1. The van der Waals surface area contributed by atoms with Crippen LogP contribution in [0, 0.1) is 34.0 Å². The van der Waals surface area contributed by atoms with Gasteiger partial charge in [-0.05, 0) is 78.9 Å². The lowest BCUT2D eigenvalue weighted by molar-refractivity contribution is 0.666. The molecule has 9 aromatic rings. The number of nitriles is 3. The smallest absolute Gasteiger partial charge is 0.159 e. The minimum absolute atomic E-state index is 0.561. The zero-order valence-electron chi connectivity index (χ0n) is 23.6. The van der Waals surface area contributed by atoms with Crippen LogP contribution in [0.5, 0.6) is 0 Å². The first-order chi connectivity index (χ1) is 22.2. The van der Waals surface area contributed by atoms with Crippen molar-refractivity contribution in [1.82, 2.24) is 9.13 Å². The molecule has 0 aliphatic heterocycles. The first-order valence-electron chi connectivity index (χ1n) is 14.4. The quantitative estimate of drug-likeness (QED) is 0.206. The van der Waals surface area contributed by atoms with Gasteiger partial charge in [0.2, 0.25) is 0 Å². The molecule has 0 spiro atoms. The van der Waals surface area contributed by atoms with Crippen LogP contribution >= 0.6 is 0 Å². The van der Waals surface area contributed by atoms with E-state index in [9.17, 15) is 15.8 Å². The zero-order valence-corrected chi connectivity index (χ0v) is 23.6. The fourth-order valence-electron chi connectivity index (χ4n) is 6.84. The Kier molecular flexibility index (Phi) is 5.00. The Morgan fingerprint density at radius 3 is 1.71 bits per heavy atom. The van der Waals surface area contributed by atoms with Gasteiger partial charge in [-0.2, -0.15) is 15.8 Å². The Morgan fingerprint density at radius 2 is 1.00 bits per heavy atom. The summed E-state index contributed by atoms with van der Waals surface area (Å²) in [5.41, 5.74) is 8.85. The second-order valence-corrected chi connectivity index (χ2v) is 11.2. The summed E-state index contributed by atoms with van der Waals surface area (Å²) in [6.07, 6.45) is 0. The predicted molar refractivity (Wildman–Crippen MR) is 177 cm³/mol. The Labute approximate surface area is 256 Å². The maximum Gasteiger partial charge on any atom is 0.159 e. The molecule has 6 nitrogen and oxygen atoms in total. The summed E-state index contributed by atoms with van der Waals surface area (Å²) >= 11 is 0. The third kappa shape index (κ3) is 3.41. The topological polar surface area (TPSA) is 94.4 Å². The lowest BCUT2D eigenvalue weighted by Crippen LogP contribution is -1.97. The molecule has 9 rings (SSSR count). The average Bonchev–Trinajstić information content (AvgIpc) is 3.74. The van der Waals surface area contributed by atoms with Crippen LogP contribution < -0.4 is 0 Å². The standard InChI is InChI=1S/C39H19N5O/c40-20-23-9-12-34-29(15-23)30-16-24(21-41)10-13-35(30)43(34)26-11-14-36-31(19-26)27-5-1-3-7-33(27)44(36)37-18-25(22-42)17-32-28-6-2-4-8-38(28)45-39(32)37/h1-19H. The van der Waals surface area contributed by atoms with Crippen molar-refractivity contribution in [3.8, 4) is 29.6 Å². The van der Waals surface area contributed by atoms with Gasteiger partial charge in [-0.3, -0.25) is 0 Å². The van der Waals surface area contributed by atoms with Crippen molar-refractivity contribution in [2.45, 2.75) is 0 Å². The molecule has 3 heterocycles. The number of benzene rings is 6. The number of hydrogen-bond donors (Lipinski definition) is 0. The minimum Gasteiger partial charge on any atom is -0.454 e. The van der Waals surface area contributed by atoms with E-state index in [2.05, 4.69) is 57.7 Å². The van der Waals surface area contributed by atoms with Crippen LogP contribution in [0.4, 0.5) is 0 Å². The molecule has 3 aromatic heterocycles. The number of aromatic nitrogens is 2. The molecule has 0 N–H and O–H groups in total. The van der Waals surface area contributed by atoms with E-state index >= 15 is 0 Å². The average molecular weight is 574 g/mol. The number of fused-ring (bicyclic) bond motifs is 9. The van der Waals surface area contributed by atoms with Gasteiger partial charge >= 0.3 is 0 Å². The number of hydrogen-bond acceptors (Lipinski definition) is 4. The van der Waals surface area contributed by atoms with E-state index in [0.29, 0.717) is 16.7 Å². The molecule has 0 aliphatic rings. The van der Waals surface area contributed by atoms with Crippen LogP contribution in [0.25, 0.3) is 76.9 Å². The van der Waals surface area contributed by atoms with Gasteiger partial charge in [-0.1, -0.05) is 36.4 Å². The highest BCUT2D eigenvalue weighted by Crippen LogP contribution is 2.40. The van der Waals surface area contributed by atoms with Crippen molar-refractivity contribution in [1.29, 1.82) is 15.8 Å². The Bertz CT molecular complexity index is 2790. The molecule has 0 aliphatic carbocycles. The molecule has 6 aromatic carbocycles. The van der Waals surface area contributed by atoms with Gasteiger partial charge in [0.25, 0.3) is 0 Å². The van der Waals surface area contributed by atoms with Crippen molar-refractivity contribution in [2.24, 2.45) is 0 Å². The predicted octanol–water partition coefficient (Wildman–Crippen LogP) is 9.40. The van der Waals surface area contributed by atoms with Crippen LogP contribution in [-0.2, 0) is 0 Å². The fourth-order valence-corrected chi connectivity index (χ4v) is 6.84. The van der Waals surface area contributed by atoms with Crippen LogP contribution in [0.2, 0.25) is 0 Å². The molecule has 0 saturated heterocycles. The monoisotopic (exact) mass is 573 g/mol. The van der Waals surface area contributed by atoms with Crippen LogP contribution in [0.15, 0.2) is 120 Å². The fraction of sp³-hybridized carbons (Fsp3) is 0. The molecule has 0 fully saturated rings. The molecule has 45 heavy (non-hydrogen) atoms. The van der Waals surface area contributed by atoms with Crippen LogP contribution in [0.1, 0.15) is 16.7 Å². The summed E-state index contributed by atoms with van der Waals surface area (Å²) in [7, 11) is 0. The third-order valence-electron chi connectivity index (χ3n) is 8.77. The largest absolute Gasteiger partial charge is 0.454 e. The molecule has 0 bridgehead atoms. The number of furan rings is 1. The molecule has 0 radical (unpaired) electrons. The second-order valence-electron chi connectivity index (χ2n) is 11.2. The van der Waals surface area contributed by atoms with Crippen molar-refractivity contribution < 1.29 is 4.42 Å². The third-order valence-corrected chi connectivity index (χ3v) is 8.77. The van der Waals surface area contributed by atoms with E-state index in [-0.39, 0.29) is 0 Å². The number of para-hydroxylation sites is 2. The van der Waals surface area contributed by atoms with E-state index in [1.807, 2.05) is 84.9 Å². The molecule has 6 heteroatoms. The molecular formula is C39H19N5O. The number of rotatable bonds is 2. The summed E-state index contributed by atoms with van der Waals surface area (Å²) in [5.74, 6) is 0. The van der Waals surface area contributed by atoms with Crippen LogP contribution in [-0.4, -0.2) is 9.13 Å². The minimum atomic E-state index is 0.561. The van der Waals surface area contributed by atoms with Crippen molar-refractivity contribution in [3.63, 3.8) is 0 Å². The van der Waals surface area contributed by atoms with Gasteiger partial charge in [-0.15, -0.1) is 0 Å². The summed E-state index contributed by atoms with van der Waals surface area (Å²) in [5, 5.41) is 35.1. The Morgan fingerprint density at radius 1 is 0.444 bits per heavy atom. The Balaban J connectivity index is 1.37. The van der Waals surface area contributed by atoms with Gasteiger partial charge in [-0.25, -0.2) is 0 Å². The van der Waals surface area contributed by atoms with Gasteiger partial charge < -0.3 is 13.6 Å². The molecular weight excluding hydrogens is 554 g/mol. The molecule has 0 unspecified atom stereocenters.